The van der Waals surface area contributed by atoms with Gasteiger partial charge in [0.2, 0.25) is 0 Å². The summed E-state index contributed by atoms with van der Waals surface area (Å²) >= 11 is 0. The quantitative estimate of drug-likeness (QED) is 0.794. The molecule has 0 heterocycles. The number of nitrogens with zero attached hydrogens (tertiary/aromatic N) is 1. The highest BCUT2D eigenvalue weighted by Gasteiger charge is 2.18. The van der Waals surface area contributed by atoms with Crippen LogP contribution < -0.4 is 10.1 Å². The highest BCUT2D eigenvalue weighted by Crippen LogP contribution is 2.07. The van der Waals surface area contributed by atoms with E-state index >= 15 is 0 Å². The monoisotopic (exact) mass is 280 g/mol. The highest BCUT2D eigenvalue weighted by atomic mass is 16.5. The van der Waals surface area contributed by atoms with E-state index < -0.39 is 18.0 Å². The Morgan fingerprint density at radius 1 is 1.35 bits per heavy atom. The summed E-state index contributed by atoms with van der Waals surface area (Å²) in [7, 11) is 0. The van der Waals surface area contributed by atoms with Crippen LogP contribution in [0.2, 0.25) is 0 Å². The van der Waals surface area contributed by atoms with Gasteiger partial charge in [-0.3, -0.25) is 4.79 Å². The number of carbonyl (C=O) groups is 2. The van der Waals surface area contributed by atoms with Crippen molar-refractivity contribution >= 4 is 12.0 Å². The second-order valence-corrected chi connectivity index (χ2v) is 4.25. The number of carboxylic acid groups (broad SMARTS) is 1. The van der Waals surface area contributed by atoms with Crippen LogP contribution in [0.5, 0.6) is 5.75 Å². The normalized spacial score (nSPS) is 11.5. The first-order valence-electron chi connectivity index (χ1n) is 6.50. The number of carboxylic acids is 1. The summed E-state index contributed by atoms with van der Waals surface area (Å²) in [6.45, 7) is 4.48. The average molecular weight is 280 g/mol. The Labute approximate surface area is 118 Å². The summed E-state index contributed by atoms with van der Waals surface area (Å²) in [6.07, 6.45) is 0. The van der Waals surface area contributed by atoms with Crippen molar-refractivity contribution in [3.05, 3.63) is 30.3 Å². The van der Waals surface area contributed by atoms with Crippen LogP contribution in [0.15, 0.2) is 30.3 Å². The zero-order valence-corrected chi connectivity index (χ0v) is 11.7. The molecular formula is C14H20N2O4. The molecule has 0 bridgehead atoms. The van der Waals surface area contributed by atoms with E-state index in [9.17, 15) is 9.59 Å². The molecule has 0 saturated carbocycles. The number of aliphatic carboxylic acids is 1. The molecule has 2 amide bonds. The predicted octanol–water partition coefficient (Wildman–Crippen LogP) is 1.57. The molecule has 1 rings (SSSR count). The molecule has 20 heavy (non-hydrogen) atoms. The first-order valence-corrected chi connectivity index (χ1v) is 6.50. The van der Waals surface area contributed by atoms with E-state index in [-0.39, 0.29) is 0 Å². The molecule has 6 heteroatoms. The van der Waals surface area contributed by atoms with E-state index in [1.54, 1.807) is 0 Å². The number of nitrogens with one attached hydrogen (secondary N) is 1. The van der Waals surface area contributed by atoms with Crippen molar-refractivity contribution < 1.29 is 19.4 Å². The number of carbonyl (C=O) groups excluding carboxylic acids is 1. The van der Waals surface area contributed by atoms with Crippen LogP contribution in [-0.2, 0) is 4.79 Å². The molecular weight excluding hydrogens is 260 g/mol. The van der Waals surface area contributed by atoms with Gasteiger partial charge in [0.05, 0.1) is 6.54 Å². The van der Waals surface area contributed by atoms with Crippen molar-refractivity contribution in [2.45, 2.75) is 19.9 Å². The molecule has 6 nitrogen and oxygen atoms in total. The molecule has 1 aromatic rings. The molecule has 0 aliphatic heterocycles. The number of para-hydroxylation sites is 1. The van der Waals surface area contributed by atoms with E-state index in [2.05, 4.69) is 5.32 Å². The van der Waals surface area contributed by atoms with Crippen molar-refractivity contribution in [1.82, 2.24) is 10.2 Å². The summed E-state index contributed by atoms with van der Waals surface area (Å²) < 4.78 is 5.50. The lowest BCUT2D eigenvalue weighted by molar-refractivity contribution is -0.138. The number of rotatable bonds is 7. The second kappa shape index (κ2) is 8.04. The molecule has 1 unspecified atom stereocenters. The van der Waals surface area contributed by atoms with Crippen LogP contribution in [0, 0.1) is 0 Å². The molecule has 1 aromatic carbocycles. The predicted molar refractivity (Wildman–Crippen MR) is 74.8 cm³/mol. The standard InChI is InChI=1S/C14H20N2O4/c1-3-16(14(19)15-11(2)13(17)18)9-10-20-12-7-5-4-6-8-12/h4-8,11H,3,9-10H2,1-2H3,(H,15,19)(H,17,18). The fraction of sp³-hybridized carbons (Fsp3) is 0.429. The third-order valence-electron chi connectivity index (χ3n) is 2.75. The maximum atomic E-state index is 11.8. The van der Waals surface area contributed by atoms with Gasteiger partial charge in [-0.2, -0.15) is 0 Å². The number of likely N-dealkylation sites (N-methyl/N-ethyl adjacent to an activating group) is 1. The Hall–Kier alpha value is -2.24. The molecule has 0 radical (unpaired) electrons. The third kappa shape index (κ3) is 5.17. The molecule has 110 valence electrons. The van der Waals surface area contributed by atoms with E-state index in [4.69, 9.17) is 9.84 Å². The lowest BCUT2D eigenvalue weighted by Crippen LogP contribution is -2.47. The number of hydrogen-bond acceptors (Lipinski definition) is 3. The summed E-state index contributed by atoms with van der Waals surface area (Å²) in [5.41, 5.74) is 0. The first kappa shape index (κ1) is 15.8. The van der Waals surface area contributed by atoms with Gasteiger partial charge in [0.15, 0.2) is 0 Å². The van der Waals surface area contributed by atoms with Crippen molar-refractivity contribution in [3.63, 3.8) is 0 Å². The van der Waals surface area contributed by atoms with Gasteiger partial charge in [0.25, 0.3) is 0 Å². The van der Waals surface area contributed by atoms with E-state index in [1.807, 2.05) is 37.3 Å². The van der Waals surface area contributed by atoms with Gasteiger partial charge in [-0.15, -0.1) is 0 Å². The van der Waals surface area contributed by atoms with Crippen LogP contribution in [0.4, 0.5) is 4.79 Å². The van der Waals surface area contributed by atoms with Crippen molar-refractivity contribution in [2.75, 3.05) is 19.7 Å². The number of ether oxygens (including phenoxy) is 1. The lowest BCUT2D eigenvalue weighted by atomic mass is 10.3. The summed E-state index contributed by atoms with van der Waals surface area (Å²) in [5.74, 6) is -0.321. The van der Waals surface area contributed by atoms with E-state index in [0.29, 0.717) is 19.7 Å². The lowest BCUT2D eigenvalue weighted by Gasteiger charge is -2.22. The fourth-order valence-electron chi connectivity index (χ4n) is 1.53. The maximum Gasteiger partial charge on any atom is 0.325 e. The molecule has 0 aromatic heterocycles. The van der Waals surface area contributed by atoms with Crippen LogP contribution >= 0.6 is 0 Å². The summed E-state index contributed by atoms with van der Waals surface area (Å²) in [4.78, 5) is 24.0. The Morgan fingerprint density at radius 3 is 2.55 bits per heavy atom. The SMILES string of the molecule is CCN(CCOc1ccccc1)C(=O)NC(C)C(=O)O. The van der Waals surface area contributed by atoms with Crippen LogP contribution in [0.25, 0.3) is 0 Å². The minimum absolute atomic E-state index is 0.354. The van der Waals surface area contributed by atoms with Gasteiger partial charge in [-0.25, -0.2) is 4.79 Å². The van der Waals surface area contributed by atoms with Gasteiger partial charge in [0.1, 0.15) is 18.4 Å². The Balaban J connectivity index is 2.39. The van der Waals surface area contributed by atoms with Crippen molar-refractivity contribution in [3.8, 4) is 5.75 Å². The molecule has 0 saturated heterocycles. The van der Waals surface area contributed by atoms with Gasteiger partial charge in [-0.05, 0) is 26.0 Å². The molecule has 0 aliphatic carbocycles. The first-order chi connectivity index (χ1) is 9.54. The minimum atomic E-state index is -1.06. The average Bonchev–Trinajstić information content (AvgIpc) is 2.44. The second-order valence-electron chi connectivity index (χ2n) is 4.25. The van der Waals surface area contributed by atoms with E-state index in [1.165, 1.54) is 11.8 Å². The zero-order chi connectivity index (χ0) is 15.0. The number of urea groups is 1. The van der Waals surface area contributed by atoms with Crippen molar-refractivity contribution in [2.24, 2.45) is 0 Å². The topological polar surface area (TPSA) is 78.9 Å². The molecule has 0 spiro atoms. The summed E-state index contributed by atoms with van der Waals surface area (Å²) in [5, 5.41) is 11.2. The van der Waals surface area contributed by atoms with Crippen molar-refractivity contribution in [1.29, 1.82) is 0 Å². The van der Waals surface area contributed by atoms with E-state index in [0.717, 1.165) is 5.75 Å². The van der Waals surface area contributed by atoms with Gasteiger partial charge in [0, 0.05) is 6.54 Å². The molecule has 2 N–H and O–H groups in total. The fourth-order valence-corrected chi connectivity index (χ4v) is 1.53. The Bertz CT molecular complexity index is 436. The molecule has 1 atom stereocenters. The van der Waals surface area contributed by atoms with Gasteiger partial charge >= 0.3 is 12.0 Å². The summed E-state index contributed by atoms with van der Waals surface area (Å²) in [6, 6.07) is 7.99. The Morgan fingerprint density at radius 2 is 2.00 bits per heavy atom. The molecule has 0 aliphatic rings. The highest BCUT2D eigenvalue weighted by molar-refractivity contribution is 5.82. The van der Waals surface area contributed by atoms with Crippen LogP contribution in [0.1, 0.15) is 13.8 Å². The zero-order valence-electron chi connectivity index (χ0n) is 11.7. The molecule has 0 fully saturated rings. The van der Waals surface area contributed by atoms with Gasteiger partial charge < -0.3 is 20.1 Å². The van der Waals surface area contributed by atoms with Crippen LogP contribution in [-0.4, -0.2) is 47.7 Å². The third-order valence-corrected chi connectivity index (χ3v) is 2.75. The number of benzene rings is 1. The maximum absolute atomic E-state index is 11.8. The number of hydrogen-bond donors (Lipinski definition) is 2. The Kier molecular flexibility index (Phi) is 6.36. The number of amides is 2. The minimum Gasteiger partial charge on any atom is -0.492 e. The largest absolute Gasteiger partial charge is 0.492 e. The van der Waals surface area contributed by atoms with Gasteiger partial charge in [-0.1, -0.05) is 18.2 Å². The van der Waals surface area contributed by atoms with Crippen LogP contribution in [0.3, 0.4) is 0 Å². The smallest absolute Gasteiger partial charge is 0.325 e.